The van der Waals surface area contributed by atoms with Gasteiger partial charge in [-0.15, -0.1) is 11.3 Å². The van der Waals surface area contributed by atoms with Crippen molar-refractivity contribution in [3.63, 3.8) is 0 Å². The van der Waals surface area contributed by atoms with Crippen LogP contribution in [0.1, 0.15) is 59.0 Å². The highest BCUT2D eigenvalue weighted by atomic mass is 32.2. The van der Waals surface area contributed by atoms with Gasteiger partial charge in [0.25, 0.3) is 0 Å². The maximum atomic E-state index is 6.15. The molecule has 2 atom stereocenters. The van der Waals surface area contributed by atoms with E-state index >= 15 is 0 Å². The van der Waals surface area contributed by atoms with Gasteiger partial charge in [0.15, 0.2) is 0 Å². The number of hydrogen-bond acceptors (Lipinski definition) is 4. The van der Waals surface area contributed by atoms with Crippen molar-refractivity contribution < 1.29 is 0 Å². The van der Waals surface area contributed by atoms with E-state index in [1.807, 2.05) is 11.3 Å². The maximum Gasteiger partial charge on any atom is 0.106 e. The minimum absolute atomic E-state index is 0.267. The van der Waals surface area contributed by atoms with Crippen molar-refractivity contribution in [1.82, 2.24) is 4.98 Å². The van der Waals surface area contributed by atoms with Gasteiger partial charge in [-0.05, 0) is 37.9 Å². The highest BCUT2D eigenvalue weighted by molar-refractivity contribution is 7.99. The predicted octanol–water partition coefficient (Wildman–Crippen LogP) is 3.44. The van der Waals surface area contributed by atoms with Crippen LogP contribution in [0.5, 0.6) is 0 Å². The zero-order valence-corrected chi connectivity index (χ0v) is 11.1. The number of nitrogens with two attached hydrogens (primary N) is 1. The largest absolute Gasteiger partial charge is 0.323 e. The first-order valence-corrected chi connectivity index (χ1v) is 8.08. The fourth-order valence-corrected chi connectivity index (χ4v) is 5.24. The van der Waals surface area contributed by atoms with Crippen molar-refractivity contribution in [2.24, 2.45) is 5.73 Å². The Bertz CT molecular complexity index is 369. The third-order valence-electron chi connectivity index (χ3n) is 3.46. The van der Waals surface area contributed by atoms with Gasteiger partial charge < -0.3 is 5.73 Å². The highest BCUT2D eigenvalue weighted by Gasteiger charge is 2.26. The molecule has 2 aliphatic rings. The molecule has 1 aromatic rings. The second-order valence-electron chi connectivity index (χ2n) is 4.72. The molecule has 1 saturated heterocycles. The third kappa shape index (κ3) is 2.03. The summed E-state index contributed by atoms with van der Waals surface area (Å²) in [6.07, 6.45) is 7.57. The zero-order valence-electron chi connectivity index (χ0n) is 9.45. The van der Waals surface area contributed by atoms with Gasteiger partial charge in [0.2, 0.25) is 0 Å². The number of thioether (sulfide) groups is 1. The first-order chi connectivity index (χ1) is 7.84. The minimum atomic E-state index is 0.267. The smallest absolute Gasteiger partial charge is 0.106 e. The van der Waals surface area contributed by atoms with Crippen molar-refractivity contribution in [2.45, 2.75) is 49.8 Å². The van der Waals surface area contributed by atoms with Gasteiger partial charge in [-0.1, -0.05) is 6.42 Å². The summed E-state index contributed by atoms with van der Waals surface area (Å²) >= 11 is 3.98. The van der Waals surface area contributed by atoms with Crippen LogP contribution in [0.25, 0.3) is 0 Å². The van der Waals surface area contributed by atoms with Crippen LogP contribution in [0, 0.1) is 0 Å². The molecule has 0 saturated carbocycles. The van der Waals surface area contributed by atoms with Gasteiger partial charge in [-0.2, -0.15) is 11.8 Å². The summed E-state index contributed by atoms with van der Waals surface area (Å²) < 4.78 is 0. The first kappa shape index (κ1) is 11.1. The quantitative estimate of drug-likeness (QED) is 0.834. The molecule has 0 aromatic carbocycles. The fourth-order valence-electron chi connectivity index (χ4n) is 2.55. The monoisotopic (exact) mass is 254 g/mol. The molecule has 2 heterocycles. The molecule has 1 aliphatic heterocycles. The van der Waals surface area contributed by atoms with Crippen LogP contribution >= 0.6 is 23.1 Å². The maximum absolute atomic E-state index is 6.15. The number of aryl methyl sites for hydroxylation is 1. The van der Waals surface area contributed by atoms with E-state index in [9.17, 15) is 0 Å². The summed E-state index contributed by atoms with van der Waals surface area (Å²) in [4.78, 5) is 6.22. The standard InChI is InChI=1S/C12H18N2S2/c13-8-4-3-5-9-11(8)16-12(14-9)10-6-1-2-7-15-10/h8,10H,1-7,13H2. The Balaban J connectivity index is 1.85. The number of rotatable bonds is 1. The molecule has 4 heteroatoms. The summed E-state index contributed by atoms with van der Waals surface area (Å²) in [5, 5.41) is 2.02. The molecule has 1 aliphatic carbocycles. The average Bonchev–Trinajstić information content (AvgIpc) is 2.76. The van der Waals surface area contributed by atoms with Crippen molar-refractivity contribution in [3.8, 4) is 0 Å². The predicted molar refractivity (Wildman–Crippen MR) is 71.0 cm³/mol. The van der Waals surface area contributed by atoms with E-state index in [-0.39, 0.29) is 6.04 Å². The lowest BCUT2D eigenvalue weighted by atomic mass is 9.99. The molecule has 2 nitrogen and oxygen atoms in total. The molecule has 0 radical (unpaired) electrons. The molecular formula is C12H18N2S2. The van der Waals surface area contributed by atoms with Crippen LogP contribution in [-0.4, -0.2) is 10.7 Å². The number of hydrogen-bond donors (Lipinski definition) is 1. The van der Waals surface area contributed by atoms with Crippen molar-refractivity contribution >= 4 is 23.1 Å². The molecule has 0 amide bonds. The summed E-state index contributed by atoms with van der Waals surface area (Å²) in [5.74, 6) is 1.31. The van der Waals surface area contributed by atoms with Gasteiger partial charge in [0.1, 0.15) is 5.01 Å². The van der Waals surface area contributed by atoms with E-state index in [0.29, 0.717) is 5.25 Å². The second kappa shape index (κ2) is 4.67. The van der Waals surface area contributed by atoms with Crippen LogP contribution < -0.4 is 5.73 Å². The van der Waals surface area contributed by atoms with E-state index in [4.69, 9.17) is 10.7 Å². The first-order valence-electron chi connectivity index (χ1n) is 6.21. The van der Waals surface area contributed by atoms with Gasteiger partial charge >= 0.3 is 0 Å². The molecule has 0 spiro atoms. The van der Waals surface area contributed by atoms with E-state index in [1.165, 1.54) is 47.0 Å². The van der Waals surface area contributed by atoms with Crippen LogP contribution in [0.15, 0.2) is 0 Å². The van der Waals surface area contributed by atoms with Crippen LogP contribution in [0.2, 0.25) is 0 Å². The Labute approximate surface area is 105 Å². The lowest BCUT2D eigenvalue weighted by molar-refractivity contribution is 0.572. The number of aromatic nitrogens is 1. The SMILES string of the molecule is NC1CCCc2nc(C3CCCCS3)sc21. The zero-order chi connectivity index (χ0) is 11.0. The summed E-state index contributed by atoms with van der Waals surface area (Å²) in [6.45, 7) is 0. The average molecular weight is 254 g/mol. The summed E-state index contributed by atoms with van der Waals surface area (Å²) in [7, 11) is 0. The molecule has 1 aromatic heterocycles. The molecule has 2 N–H and O–H groups in total. The van der Waals surface area contributed by atoms with Crippen LogP contribution in [-0.2, 0) is 6.42 Å². The molecule has 3 rings (SSSR count). The van der Waals surface area contributed by atoms with Gasteiger partial charge in [0.05, 0.1) is 10.9 Å². The molecule has 88 valence electrons. The van der Waals surface area contributed by atoms with E-state index in [0.717, 1.165) is 12.8 Å². The van der Waals surface area contributed by atoms with Crippen molar-refractivity contribution in [3.05, 3.63) is 15.6 Å². The molecule has 2 unspecified atom stereocenters. The Morgan fingerprint density at radius 1 is 1.19 bits per heavy atom. The second-order valence-corrected chi connectivity index (χ2v) is 7.09. The van der Waals surface area contributed by atoms with Crippen LogP contribution in [0.3, 0.4) is 0 Å². The molecule has 1 fully saturated rings. The Morgan fingerprint density at radius 3 is 2.88 bits per heavy atom. The highest BCUT2D eigenvalue weighted by Crippen LogP contribution is 2.43. The topological polar surface area (TPSA) is 38.9 Å². The fraction of sp³-hybridized carbons (Fsp3) is 0.750. The van der Waals surface area contributed by atoms with Gasteiger partial charge in [-0.3, -0.25) is 0 Å². The van der Waals surface area contributed by atoms with E-state index in [2.05, 4.69) is 11.8 Å². The van der Waals surface area contributed by atoms with E-state index < -0.39 is 0 Å². The Morgan fingerprint density at radius 2 is 2.12 bits per heavy atom. The normalized spacial score (nSPS) is 30.1. The third-order valence-corrected chi connectivity index (χ3v) is 6.34. The lowest BCUT2D eigenvalue weighted by Crippen LogP contribution is -2.15. The van der Waals surface area contributed by atoms with Crippen molar-refractivity contribution in [2.75, 3.05) is 5.75 Å². The Kier molecular flexibility index (Phi) is 3.22. The minimum Gasteiger partial charge on any atom is -0.323 e. The lowest BCUT2D eigenvalue weighted by Gasteiger charge is -2.18. The van der Waals surface area contributed by atoms with Crippen molar-refractivity contribution in [1.29, 1.82) is 0 Å². The number of thiazole rings is 1. The van der Waals surface area contributed by atoms with Gasteiger partial charge in [-0.25, -0.2) is 4.98 Å². The molecule has 0 bridgehead atoms. The Hall–Kier alpha value is -0.0600. The number of fused-ring (bicyclic) bond motifs is 1. The summed E-state index contributed by atoms with van der Waals surface area (Å²) in [5.41, 5.74) is 7.46. The molecular weight excluding hydrogens is 236 g/mol. The molecule has 16 heavy (non-hydrogen) atoms. The van der Waals surface area contributed by atoms with Gasteiger partial charge in [0, 0.05) is 10.9 Å². The van der Waals surface area contributed by atoms with E-state index in [1.54, 1.807) is 0 Å². The van der Waals surface area contributed by atoms with Crippen LogP contribution in [0.4, 0.5) is 0 Å². The summed E-state index contributed by atoms with van der Waals surface area (Å²) in [6, 6.07) is 0.267. The number of nitrogens with zero attached hydrogens (tertiary/aromatic N) is 1.